The highest BCUT2D eigenvalue weighted by molar-refractivity contribution is 5.49. The topological polar surface area (TPSA) is 47.0 Å². The summed E-state index contributed by atoms with van der Waals surface area (Å²) in [7, 11) is 0. The normalized spacial score (nSPS) is 11.2. The molecule has 0 amide bonds. The van der Waals surface area contributed by atoms with Crippen LogP contribution in [0.3, 0.4) is 0 Å². The number of hydrogen-bond donors (Lipinski definition) is 1. The van der Waals surface area contributed by atoms with Crippen LogP contribution in [0.25, 0.3) is 0 Å². The van der Waals surface area contributed by atoms with E-state index < -0.39 is 0 Å². The van der Waals surface area contributed by atoms with E-state index in [9.17, 15) is 0 Å². The fourth-order valence-corrected chi connectivity index (χ4v) is 1.45. The summed E-state index contributed by atoms with van der Waals surface area (Å²) in [5.74, 6) is 2.25. The van der Waals surface area contributed by atoms with Gasteiger partial charge in [0, 0.05) is 12.0 Å². The highest BCUT2D eigenvalue weighted by Crippen LogP contribution is 2.27. The molecule has 18 heavy (non-hydrogen) atoms. The molecule has 0 aromatic carbocycles. The second kappa shape index (κ2) is 5.85. The van der Waals surface area contributed by atoms with Gasteiger partial charge in [0.05, 0.1) is 5.56 Å². The standard InChI is InChI=1S/C14H23N3O/c1-7-9-18-12-10(3)11(15-8-2)16-13(17-12)14(4,5)6/h7H,1,8-9H2,2-6H3,(H,15,16,17). The fourth-order valence-electron chi connectivity index (χ4n) is 1.45. The quantitative estimate of drug-likeness (QED) is 0.815. The number of ether oxygens (including phenoxy) is 1. The van der Waals surface area contributed by atoms with Crippen molar-refractivity contribution in [2.75, 3.05) is 18.5 Å². The van der Waals surface area contributed by atoms with E-state index >= 15 is 0 Å². The van der Waals surface area contributed by atoms with Crippen molar-refractivity contribution in [2.45, 2.75) is 40.0 Å². The van der Waals surface area contributed by atoms with Crippen LogP contribution >= 0.6 is 0 Å². The van der Waals surface area contributed by atoms with Gasteiger partial charge in [-0.1, -0.05) is 33.4 Å². The molecule has 0 saturated carbocycles. The lowest BCUT2D eigenvalue weighted by Crippen LogP contribution is -2.19. The van der Waals surface area contributed by atoms with Gasteiger partial charge in [-0.05, 0) is 13.8 Å². The Kier molecular flexibility index (Phi) is 4.70. The molecular weight excluding hydrogens is 226 g/mol. The number of nitrogens with one attached hydrogen (secondary N) is 1. The van der Waals surface area contributed by atoms with Crippen LogP contribution in [0.2, 0.25) is 0 Å². The summed E-state index contributed by atoms with van der Waals surface area (Å²) in [4.78, 5) is 9.08. The van der Waals surface area contributed by atoms with Crippen molar-refractivity contribution in [3.05, 3.63) is 24.0 Å². The maximum atomic E-state index is 5.60. The highest BCUT2D eigenvalue weighted by Gasteiger charge is 2.21. The largest absolute Gasteiger partial charge is 0.473 e. The molecule has 0 radical (unpaired) electrons. The van der Waals surface area contributed by atoms with E-state index in [1.54, 1.807) is 6.08 Å². The van der Waals surface area contributed by atoms with E-state index in [1.165, 1.54) is 0 Å². The number of anilines is 1. The number of nitrogens with zero attached hydrogens (tertiary/aromatic N) is 2. The van der Waals surface area contributed by atoms with Gasteiger partial charge in [-0.3, -0.25) is 0 Å². The minimum absolute atomic E-state index is 0.107. The molecular formula is C14H23N3O. The molecule has 1 aromatic heterocycles. The highest BCUT2D eigenvalue weighted by atomic mass is 16.5. The lowest BCUT2D eigenvalue weighted by Gasteiger charge is -2.20. The van der Waals surface area contributed by atoms with Crippen molar-refractivity contribution in [3.8, 4) is 5.88 Å². The predicted molar refractivity (Wildman–Crippen MR) is 75.3 cm³/mol. The predicted octanol–water partition coefficient (Wildman–Crippen LogP) is 3.08. The third kappa shape index (κ3) is 3.45. The van der Waals surface area contributed by atoms with Gasteiger partial charge in [-0.2, -0.15) is 4.98 Å². The Balaban J connectivity index is 3.22. The third-order valence-corrected chi connectivity index (χ3v) is 2.45. The summed E-state index contributed by atoms with van der Waals surface area (Å²) in [6, 6.07) is 0. The second-order valence-corrected chi connectivity index (χ2v) is 5.21. The fraction of sp³-hybridized carbons (Fsp3) is 0.571. The molecule has 4 heteroatoms. The Bertz CT molecular complexity index is 422. The van der Waals surface area contributed by atoms with Crippen molar-refractivity contribution >= 4 is 5.82 Å². The van der Waals surface area contributed by atoms with E-state index in [-0.39, 0.29) is 5.41 Å². The van der Waals surface area contributed by atoms with Crippen molar-refractivity contribution in [2.24, 2.45) is 0 Å². The molecule has 0 atom stereocenters. The van der Waals surface area contributed by atoms with Crippen molar-refractivity contribution in [3.63, 3.8) is 0 Å². The van der Waals surface area contributed by atoms with Gasteiger partial charge in [0.25, 0.3) is 0 Å². The summed E-state index contributed by atoms with van der Waals surface area (Å²) in [5, 5.41) is 3.25. The Morgan fingerprint density at radius 1 is 1.33 bits per heavy atom. The number of aromatic nitrogens is 2. The maximum absolute atomic E-state index is 5.60. The minimum atomic E-state index is -0.107. The van der Waals surface area contributed by atoms with Crippen LogP contribution in [0.15, 0.2) is 12.7 Å². The summed E-state index contributed by atoms with van der Waals surface area (Å²) in [5.41, 5.74) is 0.830. The van der Waals surface area contributed by atoms with Crippen LogP contribution in [0.5, 0.6) is 5.88 Å². The summed E-state index contributed by atoms with van der Waals surface area (Å²) in [6.07, 6.45) is 1.71. The van der Waals surface area contributed by atoms with Gasteiger partial charge in [-0.25, -0.2) is 4.98 Å². The molecule has 100 valence electrons. The summed E-state index contributed by atoms with van der Waals surface area (Å²) < 4.78 is 5.60. The van der Waals surface area contributed by atoms with Crippen LogP contribution in [-0.2, 0) is 5.41 Å². The van der Waals surface area contributed by atoms with Gasteiger partial charge < -0.3 is 10.1 Å². The van der Waals surface area contributed by atoms with Crippen molar-refractivity contribution < 1.29 is 4.74 Å². The van der Waals surface area contributed by atoms with E-state index in [4.69, 9.17) is 4.74 Å². The lowest BCUT2D eigenvalue weighted by atomic mass is 9.95. The van der Waals surface area contributed by atoms with E-state index in [0.29, 0.717) is 12.5 Å². The Labute approximate surface area is 109 Å². The molecule has 0 spiro atoms. The first-order valence-electron chi connectivity index (χ1n) is 6.26. The molecule has 0 fully saturated rings. The van der Waals surface area contributed by atoms with E-state index in [2.05, 4.69) is 42.6 Å². The SMILES string of the molecule is C=CCOc1nc(C(C)(C)C)nc(NCC)c1C. The van der Waals surface area contributed by atoms with Crippen LogP contribution < -0.4 is 10.1 Å². The molecule has 0 bridgehead atoms. The van der Waals surface area contributed by atoms with Gasteiger partial charge in [0.15, 0.2) is 0 Å². The molecule has 1 N–H and O–H groups in total. The van der Waals surface area contributed by atoms with Crippen LogP contribution in [-0.4, -0.2) is 23.1 Å². The molecule has 0 unspecified atom stereocenters. The summed E-state index contributed by atoms with van der Waals surface area (Å²) >= 11 is 0. The van der Waals surface area contributed by atoms with Gasteiger partial charge in [0.2, 0.25) is 5.88 Å². The zero-order chi connectivity index (χ0) is 13.8. The average Bonchev–Trinajstić information content (AvgIpc) is 2.29. The molecule has 0 aliphatic rings. The minimum Gasteiger partial charge on any atom is -0.473 e. The average molecular weight is 249 g/mol. The van der Waals surface area contributed by atoms with Gasteiger partial charge in [0.1, 0.15) is 18.2 Å². The molecule has 1 heterocycles. The Morgan fingerprint density at radius 2 is 2.00 bits per heavy atom. The smallest absolute Gasteiger partial charge is 0.222 e. The number of hydrogen-bond acceptors (Lipinski definition) is 4. The Morgan fingerprint density at radius 3 is 2.50 bits per heavy atom. The molecule has 0 saturated heterocycles. The maximum Gasteiger partial charge on any atom is 0.222 e. The zero-order valence-electron chi connectivity index (χ0n) is 12.0. The van der Waals surface area contributed by atoms with Crippen molar-refractivity contribution in [1.29, 1.82) is 0 Å². The van der Waals surface area contributed by atoms with Crippen LogP contribution in [0, 0.1) is 6.92 Å². The molecule has 0 aliphatic carbocycles. The first-order valence-corrected chi connectivity index (χ1v) is 6.26. The lowest BCUT2D eigenvalue weighted by molar-refractivity contribution is 0.340. The van der Waals surface area contributed by atoms with Crippen LogP contribution in [0.4, 0.5) is 5.82 Å². The van der Waals surface area contributed by atoms with Gasteiger partial charge in [-0.15, -0.1) is 0 Å². The van der Waals surface area contributed by atoms with Crippen molar-refractivity contribution in [1.82, 2.24) is 9.97 Å². The summed E-state index contributed by atoms with van der Waals surface area (Å²) in [6.45, 7) is 15.2. The molecule has 4 nitrogen and oxygen atoms in total. The monoisotopic (exact) mass is 249 g/mol. The van der Waals surface area contributed by atoms with Gasteiger partial charge >= 0.3 is 0 Å². The van der Waals surface area contributed by atoms with Crippen LogP contribution in [0.1, 0.15) is 39.1 Å². The third-order valence-electron chi connectivity index (χ3n) is 2.45. The molecule has 1 aromatic rings. The zero-order valence-corrected chi connectivity index (χ0v) is 12.0. The molecule has 1 rings (SSSR count). The van der Waals surface area contributed by atoms with E-state index in [1.807, 2.05) is 13.8 Å². The first-order chi connectivity index (χ1) is 8.40. The Hall–Kier alpha value is -1.58. The number of rotatable bonds is 5. The molecule has 0 aliphatic heterocycles. The second-order valence-electron chi connectivity index (χ2n) is 5.21. The van der Waals surface area contributed by atoms with E-state index in [0.717, 1.165) is 23.8 Å². The first kappa shape index (κ1) is 14.5.